The number of hydrogen-bond acceptors (Lipinski definition) is 4. The smallest absolute Gasteiger partial charge is 0.248 e. The number of hydrogen-bond donors (Lipinski definition) is 2. The van der Waals surface area contributed by atoms with Gasteiger partial charge in [0.15, 0.2) is 0 Å². The molecule has 128 valence electrons. The Labute approximate surface area is 141 Å². The van der Waals surface area contributed by atoms with E-state index in [1.807, 2.05) is 6.92 Å². The van der Waals surface area contributed by atoms with Gasteiger partial charge in [0.25, 0.3) is 0 Å². The second-order valence-electron chi connectivity index (χ2n) is 5.29. The summed E-state index contributed by atoms with van der Waals surface area (Å²) < 4.78 is 32.0. The zero-order chi connectivity index (χ0) is 17.6. The Kier molecular flexibility index (Phi) is 5.94. The molecule has 1 heterocycles. The van der Waals surface area contributed by atoms with Gasteiger partial charge in [0, 0.05) is 17.8 Å². The summed E-state index contributed by atoms with van der Waals surface area (Å²) in [6, 6.07) is 9.32. The van der Waals surface area contributed by atoms with E-state index in [1.165, 1.54) is 24.5 Å². The number of anilines is 1. The number of amides is 1. The molecule has 2 N–H and O–H groups in total. The first-order valence-corrected chi connectivity index (χ1v) is 9.04. The highest BCUT2D eigenvalue weighted by Gasteiger charge is 2.16. The molecule has 7 heteroatoms. The van der Waals surface area contributed by atoms with Crippen molar-refractivity contribution < 1.29 is 17.6 Å². The van der Waals surface area contributed by atoms with Gasteiger partial charge in [0.2, 0.25) is 15.9 Å². The number of benzene rings is 1. The molecule has 0 saturated carbocycles. The van der Waals surface area contributed by atoms with Crippen molar-refractivity contribution in [3.63, 3.8) is 0 Å². The van der Waals surface area contributed by atoms with E-state index in [4.69, 9.17) is 4.42 Å². The fourth-order valence-electron chi connectivity index (χ4n) is 1.86. The third-order valence-electron chi connectivity index (χ3n) is 3.34. The number of furan rings is 1. The summed E-state index contributed by atoms with van der Waals surface area (Å²) in [5.74, 6) is 0.238. The molecular formula is C17H20N2O4S. The number of carbonyl (C=O) groups is 1. The monoisotopic (exact) mass is 348 g/mol. The van der Waals surface area contributed by atoms with Crippen molar-refractivity contribution in [3.05, 3.63) is 54.5 Å². The topological polar surface area (TPSA) is 88.4 Å². The molecule has 0 aliphatic carbocycles. The van der Waals surface area contributed by atoms with Gasteiger partial charge in [-0.3, -0.25) is 4.79 Å². The van der Waals surface area contributed by atoms with Crippen LogP contribution in [0.15, 0.2) is 58.1 Å². The molecule has 6 nitrogen and oxygen atoms in total. The molecule has 0 radical (unpaired) electrons. The summed E-state index contributed by atoms with van der Waals surface area (Å²) in [6.45, 7) is 3.71. The molecule has 24 heavy (non-hydrogen) atoms. The largest absolute Gasteiger partial charge is 0.465 e. The first-order valence-electron chi connectivity index (χ1n) is 7.55. The molecule has 1 amide bonds. The lowest BCUT2D eigenvalue weighted by molar-refractivity contribution is -0.111. The van der Waals surface area contributed by atoms with E-state index in [-0.39, 0.29) is 16.8 Å². The predicted molar refractivity (Wildman–Crippen MR) is 92.9 cm³/mol. The van der Waals surface area contributed by atoms with E-state index in [2.05, 4.69) is 10.0 Å². The maximum Gasteiger partial charge on any atom is 0.248 e. The fourth-order valence-corrected chi connectivity index (χ4v) is 3.19. The summed E-state index contributed by atoms with van der Waals surface area (Å²) in [5.41, 5.74) is 0.506. The van der Waals surface area contributed by atoms with Crippen LogP contribution in [0.1, 0.15) is 26.0 Å². The molecule has 1 aromatic heterocycles. The minimum Gasteiger partial charge on any atom is -0.465 e. The predicted octanol–water partition coefficient (Wildman–Crippen LogP) is 3.01. The summed E-state index contributed by atoms with van der Waals surface area (Å²) in [4.78, 5) is 12.0. The Morgan fingerprint density at radius 3 is 2.54 bits per heavy atom. The average Bonchev–Trinajstić information content (AvgIpc) is 3.06. The molecule has 0 aliphatic heterocycles. The minimum atomic E-state index is -3.55. The van der Waals surface area contributed by atoms with Gasteiger partial charge < -0.3 is 9.73 Å². The van der Waals surface area contributed by atoms with Crippen molar-refractivity contribution >= 4 is 27.7 Å². The zero-order valence-corrected chi connectivity index (χ0v) is 14.3. The van der Waals surface area contributed by atoms with Crippen LogP contribution in [-0.4, -0.2) is 20.4 Å². The van der Waals surface area contributed by atoms with E-state index in [0.717, 1.165) is 0 Å². The van der Waals surface area contributed by atoms with Gasteiger partial charge in [0.05, 0.1) is 11.2 Å². The zero-order valence-electron chi connectivity index (χ0n) is 13.5. The van der Waals surface area contributed by atoms with Crippen molar-refractivity contribution in [3.8, 4) is 0 Å². The maximum atomic E-state index is 12.1. The third-order valence-corrected chi connectivity index (χ3v) is 4.95. The summed E-state index contributed by atoms with van der Waals surface area (Å²) in [5, 5.41) is 2.65. The molecule has 0 bridgehead atoms. The highest BCUT2D eigenvalue weighted by atomic mass is 32.2. The van der Waals surface area contributed by atoms with E-state index < -0.39 is 10.0 Å². The number of carbonyl (C=O) groups excluding carboxylic acids is 1. The lowest BCUT2D eigenvalue weighted by Crippen LogP contribution is -2.31. The molecule has 2 aromatic rings. The number of sulfonamides is 1. The summed E-state index contributed by atoms with van der Waals surface area (Å²) >= 11 is 0. The molecule has 1 aromatic carbocycles. The van der Waals surface area contributed by atoms with E-state index in [9.17, 15) is 13.2 Å². The van der Waals surface area contributed by atoms with Crippen molar-refractivity contribution in [2.24, 2.45) is 0 Å². The molecule has 0 aliphatic rings. The molecule has 1 unspecified atom stereocenters. The van der Waals surface area contributed by atoms with E-state index in [1.54, 1.807) is 37.3 Å². The Morgan fingerprint density at radius 1 is 1.25 bits per heavy atom. The second kappa shape index (κ2) is 7.94. The Hall–Kier alpha value is -2.38. The van der Waals surface area contributed by atoms with Crippen molar-refractivity contribution in [2.75, 3.05) is 5.32 Å². The molecular weight excluding hydrogens is 328 g/mol. The first-order chi connectivity index (χ1) is 11.4. The molecule has 0 saturated heterocycles. The normalized spacial score (nSPS) is 13.1. The van der Waals surface area contributed by atoms with Gasteiger partial charge in [-0.05, 0) is 55.8 Å². The van der Waals surface area contributed by atoms with Crippen LogP contribution >= 0.6 is 0 Å². The van der Waals surface area contributed by atoms with Crippen LogP contribution in [0.3, 0.4) is 0 Å². The van der Waals surface area contributed by atoms with Crippen molar-refractivity contribution in [2.45, 2.75) is 31.2 Å². The maximum absolute atomic E-state index is 12.1. The Balaban J connectivity index is 2.00. The lowest BCUT2D eigenvalue weighted by atomic mass is 10.3. The summed E-state index contributed by atoms with van der Waals surface area (Å²) in [6.07, 6.45) is 5.11. The van der Waals surface area contributed by atoms with Crippen LogP contribution < -0.4 is 10.0 Å². The minimum absolute atomic E-state index is 0.138. The Bertz CT molecular complexity index is 794. The van der Waals surface area contributed by atoms with Crippen LogP contribution in [0, 0.1) is 0 Å². The first kappa shape index (κ1) is 18.0. The third kappa shape index (κ3) is 5.07. The molecule has 1 atom stereocenters. The SMILES string of the molecule is CCC(C)NS(=O)(=O)c1ccc(NC(=O)/C=C/c2ccco2)cc1. The van der Waals surface area contributed by atoms with Crippen LogP contribution in [0.5, 0.6) is 0 Å². The van der Waals surface area contributed by atoms with E-state index >= 15 is 0 Å². The molecule has 2 rings (SSSR count). The van der Waals surface area contributed by atoms with Gasteiger partial charge >= 0.3 is 0 Å². The quantitative estimate of drug-likeness (QED) is 0.753. The standard InChI is InChI=1S/C17H20N2O4S/c1-3-13(2)19-24(21,22)16-9-6-14(7-10-16)18-17(20)11-8-15-5-4-12-23-15/h4-13,19H,3H2,1-2H3,(H,18,20)/b11-8+. The van der Waals surface area contributed by atoms with Gasteiger partial charge in [0.1, 0.15) is 5.76 Å². The highest BCUT2D eigenvalue weighted by Crippen LogP contribution is 2.15. The van der Waals surface area contributed by atoms with Crippen molar-refractivity contribution in [1.29, 1.82) is 0 Å². The van der Waals surface area contributed by atoms with Gasteiger partial charge in [-0.25, -0.2) is 13.1 Å². The van der Waals surface area contributed by atoms with Gasteiger partial charge in [-0.2, -0.15) is 0 Å². The lowest BCUT2D eigenvalue weighted by Gasteiger charge is -2.12. The average molecular weight is 348 g/mol. The molecule has 0 spiro atoms. The highest BCUT2D eigenvalue weighted by molar-refractivity contribution is 7.89. The second-order valence-corrected chi connectivity index (χ2v) is 7.01. The fraction of sp³-hybridized carbons (Fsp3) is 0.235. The van der Waals surface area contributed by atoms with Crippen molar-refractivity contribution in [1.82, 2.24) is 4.72 Å². The number of rotatable bonds is 7. The van der Waals surface area contributed by atoms with Crippen LogP contribution in [-0.2, 0) is 14.8 Å². The molecule has 0 fully saturated rings. The van der Waals surface area contributed by atoms with Crippen LogP contribution in [0.2, 0.25) is 0 Å². The summed E-state index contributed by atoms with van der Waals surface area (Å²) in [7, 11) is -3.55. The van der Waals surface area contributed by atoms with Gasteiger partial charge in [-0.1, -0.05) is 6.92 Å². The van der Waals surface area contributed by atoms with Crippen LogP contribution in [0.4, 0.5) is 5.69 Å². The van der Waals surface area contributed by atoms with Crippen LogP contribution in [0.25, 0.3) is 6.08 Å². The van der Waals surface area contributed by atoms with E-state index in [0.29, 0.717) is 17.9 Å². The number of nitrogens with one attached hydrogen (secondary N) is 2. The van der Waals surface area contributed by atoms with Gasteiger partial charge in [-0.15, -0.1) is 0 Å². The Morgan fingerprint density at radius 2 is 1.96 bits per heavy atom.